The zero-order chi connectivity index (χ0) is 24.1. The fourth-order valence-corrected chi connectivity index (χ4v) is 4.11. The topological polar surface area (TPSA) is 88.6 Å². The van der Waals surface area contributed by atoms with Gasteiger partial charge in [-0.05, 0) is 55.8 Å². The molecule has 0 spiro atoms. The van der Waals surface area contributed by atoms with Crippen LogP contribution in [0.5, 0.6) is 0 Å². The molecule has 0 amide bonds. The summed E-state index contributed by atoms with van der Waals surface area (Å²) in [6, 6.07) is 30.0. The molecule has 6 nitrogen and oxygen atoms in total. The minimum atomic E-state index is -0.672. The summed E-state index contributed by atoms with van der Waals surface area (Å²) in [5, 5.41) is 9.80. The van der Waals surface area contributed by atoms with Crippen molar-refractivity contribution >= 4 is 23.0 Å². The van der Waals surface area contributed by atoms with Crippen LogP contribution in [0.25, 0.3) is 0 Å². The van der Waals surface area contributed by atoms with E-state index in [1.165, 1.54) is 0 Å². The quantitative estimate of drug-likeness (QED) is 0.477. The van der Waals surface area contributed by atoms with Crippen molar-refractivity contribution in [2.45, 2.75) is 19.8 Å². The molecule has 0 saturated heterocycles. The fourth-order valence-electron chi connectivity index (χ4n) is 4.11. The molecule has 2 N–H and O–H groups in total. The smallest absolute Gasteiger partial charge is 0.338 e. The second-order valence-electron chi connectivity index (χ2n) is 7.71. The number of carbonyl (C=O) groups excluding carboxylic acids is 1. The lowest BCUT2D eigenvalue weighted by molar-refractivity contribution is -0.139. The lowest BCUT2D eigenvalue weighted by atomic mass is 9.83. The van der Waals surface area contributed by atoms with Gasteiger partial charge < -0.3 is 20.1 Å². The number of para-hydroxylation sites is 2. The van der Waals surface area contributed by atoms with E-state index in [0.717, 1.165) is 22.6 Å². The Labute approximate surface area is 199 Å². The van der Waals surface area contributed by atoms with Crippen molar-refractivity contribution in [2.24, 2.45) is 5.73 Å². The molecule has 3 aromatic rings. The molecule has 6 heteroatoms. The molecule has 34 heavy (non-hydrogen) atoms. The van der Waals surface area contributed by atoms with Crippen molar-refractivity contribution in [3.63, 3.8) is 0 Å². The first kappa shape index (κ1) is 22.7. The number of benzene rings is 3. The number of nitriles is 1. The van der Waals surface area contributed by atoms with Gasteiger partial charge in [-0.25, -0.2) is 4.79 Å². The Kier molecular flexibility index (Phi) is 6.65. The van der Waals surface area contributed by atoms with E-state index in [9.17, 15) is 10.1 Å². The Balaban J connectivity index is 1.79. The van der Waals surface area contributed by atoms with Crippen LogP contribution in [0.2, 0.25) is 0 Å². The third kappa shape index (κ3) is 4.37. The first-order chi connectivity index (χ1) is 16.5. The Morgan fingerprint density at radius 2 is 1.50 bits per heavy atom. The Bertz CT molecular complexity index is 1230. The van der Waals surface area contributed by atoms with Crippen molar-refractivity contribution < 1.29 is 14.3 Å². The molecule has 1 atom stereocenters. The highest BCUT2D eigenvalue weighted by atomic mass is 16.5. The molecule has 1 aliphatic heterocycles. The Morgan fingerprint density at radius 3 is 2.00 bits per heavy atom. The van der Waals surface area contributed by atoms with Gasteiger partial charge in [-0.3, -0.25) is 0 Å². The molecule has 4 rings (SSSR count). The summed E-state index contributed by atoms with van der Waals surface area (Å²) in [6.45, 7) is 3.60. The zero-order valence-electron chi connectivity index (χ0n) is 19.1. The standard InChI is InChI=1S/C28H25N3O3/c1-3-33-28(32)25-19(2)34-27(30)24(18-29)26(25)20-14-16-23(17-15-20)31(21-10-6-4-7-11-21)22-12-8-5-9-13-22/h4-17,26H,3,30H2,1-2H3. The molecule has 0 aromatic heterocycles. The highest BCUT2D eigenvalue weighted by molar-refractivity contribution is 5.92. The van der Waals surface area contributed by atoms with Crippen LogP contribution in [-0.4, -0.2) is 12.6 Å². The van der Waals surface area contributed by atoms with Crippen molar-refractivity contribution in [3.8, 4) is 6.07 Å². The van der Waals surface area contributed by atoms with Gasteiger partial charge in [0, 0.05) is 17.1 Å². The normalized spacial score (nSPS) is 15.4. The van der Waals surface area contributed by atoms with Crippen molar-refractivity contribution in [1.29, 1.82) is 5.26 Å². The summed E-state index contributed by atoms with van der Waals surface area (Å²) in [7, 11) is 0. The van der Waals surface area contributed by atoms with Crippen LogP contribution < -0.4 is 10.6 Å². The summed E-state index contributed by atoms with van der Waals surface area (Å²) >= 11 is 0. The molecule has 1 heterocycles. The highest BCUT2D eigenvalue weighted by Crippen LogP contribution is 2.41. The molecule has 1 aliphatic rings. The minimum Gasteiger partial charge on any atom is -0.463 e. The first-order valence-corrected chi connectivity index (χ1v) is 11.0. The van der Waals surface area contributed by atoms with Crippen LogP contribution in [0.15, 0.2) is 108 Å². The molecule has 0 bridgehead atoms. The van der Waals surface area contributed by atoms with Gasteiger partial charge in [-0.2, -0.15) is 5.26 Å². The van der Waals surface area contributed by atoms with E-state index >= 15 is 0 Å². The van der Waals surface area contributed by atoms with Crippen LogP contribution >= 0.6 is 0 Å². The van der Waals surface area contributed by atoms with E-state index in [-0.39, 0.29) is 23.6 Å². The number of allylic oxidation sites excluding steroid dienone is 2. The van der Waals surface area contributed by atoms with Gasteiger partial charge in [-0.1, -0.05) is 48.5 Å². The number of anilines is 3. The largest absolute Gasteiger partial charge is 0.463 e. The van der Waals surface area contributed by atoms with E-state index in [4.69, 9.17) is 15.2 Å². The van der Waals surface area contributed by atoms with Crippen LogP contribution in [0.4, 0.5) is 17.1 Å². The Morgan fingerprint density at radius 1 is 0.971 bits per heavy atom. The second-order valence-corrected chi connectivity index (χ2v) is 7.71. The SMILES string of the molecule is CCOC(=O)C1=C(C)OC(N)=C(C#N)C1c1ccc(N(c2ccccc2)c2ccccc2)cc1. The van der Waals surface area contributed by atoms with Crippen LogP contribution in [0.3, 0.4) is 0 Å². The van der Waals surface area contributed by atoms with Crippen molar-refractivity contribution in [3.05, 3.63) is 113 Å². The predicted molar refractivity (Wildman–Crippen MR) is 131 cm³/mol. The van der Waals surface area contributed by atoms with Gasteiger partial charge in [0.2, 0.25) is 5.88 Å². The van der Waals surface area contributed by atoms with Crippen molar-refractivity contribution in [2.75, 3.05) is 11.5 Å². The van der Waals surface area contributed by atoms with Gasteiger partial charge in [0.1, 0.15) is 17.4 Å². The lowest BCUT2D eigenvalue weighted by Gasteiger charge is -2.28. The molecule has 3 aromatic carbocycles. The molecular formula is C28H25N3O3. The van der Waals surface area contributed by atoms with Gasteiger partial charge in [-0.15, -0.1) is 0 Å². The van der Waals surface area contributed by atoms with Gasteiger partial charge in [0.15, 0.2) is 0 Å². The molecule has 0 saturated carbocycles. The second kappa shape index (κ2) is 9.97. The number of ether oxygens (including phenoxy) is 2. The van der Waals surface area contributed by atoms with Crippen molar-refractivity contribution in [1.82, 2.24) is 0 Å². The molecule has 1 unspecified atom stereocenters. The number of nitrogens with zero attached hydrogens (tertiary/aromatic N) is 2. The molecule has 0 radical (unpaired) electrons. The van der Waals surface area contributed by atoms with Crippen LogP contribution in [0, 0.1) is 11.3 Å². The van der Waals surface area contributed by atoms with Gasteiger partial charge in [0.05, 0.1) is 18.1 Å². The van der Waals surface area contributed by atoms with Gasteiger partial charge in [0.25, 0.3) is 0 Å². The number of nitrogens with two attached hydrogens (primary N) is 1. The maximum absolute atomic E-state index is 12.8. The molecule has 0 aliphatic carbocycles. The summed E-state index contributed by atoms with van der Waals surface area (Å²) in [5.41, 5.74) is 10.2. The summed E-state index contributed by atoms with van der Waals surface area (Å²) in [6.07, 6.45) is 0. The highest BCUT2D eigenvalue weighted by Gasteiger charge is 2.36. The average Bonchev–Trinajstić information content (AvgIpc) is 2.86. The zero-order valence-corrected chi connectivity index (χ0v) is 19.1. The number of hydrogen-bond donors (Lipinski definition) is 1. The minimum absolute atomic E-state index is 0.00248. The first-order valence-electron chi connectivity index (χ1n) is 11.0. The summed E-state index contributed by atoms with van der Waals surface area (Å²) in [4.78, 5) is 14.9. The van der Waals surface area contributed by atoms with Crippen LogP contribution in [0.1, 0.15) is 25.3 Å². The monoisotopic (exact) mass is 451 g/mol. The number of esters is 1. The average molecular weight is 452 g/mol. The molecule has 0 fully saturated rings. The van der Waals surface area contributed by atoms with E-state index in [1.54, 1.807) is 13.8 Å². The van der Waals surface area contributed by atoms with E-state index in [1.807, 2.05) is 84.9 Å². The van der Waals surface area contributed by atoms with E-state index in [2.05, 4.69) is 11.0 Å². The van der Waals surface area contributed by atoms with E-state index in [0.29, 0.717) is 5.76 Å². The maximum Gasteiger partial charge on any atom is 0.338 e. The Hall–Kier alpha value is -4.50. The number of rotatable bonds is 6. The van der Waals surface area contributed by atoms with Gasteiger partial charge >= 0.3 is 5.97 Å². The predicted octanol–water partition coefficient (Wildman–Crippen LogP) is 5.80. The maximum atomic E-state index is 12.8. The number of carbonyl (C=O) groups is 1. The molecular weight excluding hydrogens is 426 g/mol. The number of hydrogen-bond acceptors (Lipinski definition) is 6. The molecule has 170 valence electrons. The lowest BCUT2D eigenvalue weighted by Crippen LogP contribution is -2.25. The van der Waals surface area contributed by atoms with E-state index < -0.39 is 11.9 Å². The third-order valence-corrected chi connectivity index (χ3v) is 5.61. The summed E-state index contributed by atoms with van der Waals surface area (Å²) < 4.78 is 10.8. The third-order valence-electron chi connectivity index (χ3n) is 5.61. The fraction of sp³-hybridized carbons (Fsp3) is 0.143. The summed E-state index contributed by atoms with van der Waals surface area (Å²) in [5.74, 6) is -0.866. The van der Waals surface area contributed by atoms with Crippen LogP contribution in [-0.2, 0) is 14.3 Å².